The molecular weight excluding hydrogens is 144 g/mol. The normalized spacial score (nSPS) is 14.5. The third-order valence-electron chi connectivity index (χ3n) is 2.91. The van der Waals surface area contributed by atoms with Crippen molar-refractivity contribution in [2.45, 2.75) is 34.6 Å². The van der Waals surface area contributed by atoms with Crippen molar-refractivity contribution >= 4 is 0 Å². The largest absolute Gasteiger partial charge is 0.103 e. The van der Waals surface area contributed by atoms with E-state index in [1.165, 1.54) is 5.57 Å². The van der Waals surface area contributed by atoms with Crippen LogP contribution in [0.2, 0.25) is 0 Å². The van der Waals surface area contributed by atoms with Crippen molar-refractivity contribution in [1.29, 1.82) is 0 Å². The summed E-state index contributed by atoms with van der Waals surface area (Å²) in [6.45, 7) is 19.0. The first kappa shape index (κ1) is 11.5. The highest BCUT2D eigenvalue weighted by Gasteiger charge is 2.29. The van der Waals surface area contributed by atoms with Gasteiger partial charge in [-0.25, -0.2) is 0 Å². The van der Waals surface area contributed by atoms with E-state index in [1.807, 2.05) is 0 Å². The first-order chi connectivity index (χ1) is 5.34. The van der Waals surface area contributed by atoms with Gasteiger partial charge in [0.15, 0.2) is 0 Å². The molecule has 1 atom stereocenters. The number of allylic oxidation sites excluding steroid dienone is 2. The highest BCUT2D eigenvalue weighted by atomic mass is 14.3. The third-order valence-corrected chi connectivity index (χ3v) is 2.91. The number of rotatable bonds is 4. The van der Waals surface area contributed by atoms with E-state index in [-0.39, 0.29) is 5.41 Å². The molecule has 1 unspecified atom stereocenters. The molecule has 70 valence electrons. The number of hydrogen-bond acceptors (Lipinski definition) is 0. The molecule has 0 N–H and O–H groups in total. The van der Waals surface area contributed by atoms with Crippen molar-refractivity contribution in [2.24, 2.45) is 17.3 Å². The minimum Gasteiger partial charge on any atom is -0.103 e. The van der Waals surface area contributed by atoms with Crippen LogP contribution in [0, 0.1) is 17.3 Å². The molecule has 0 bridgehead atoms. The maximum Gasteiger partial charge on any atom is -0.00850 e. The molecular formula is C12H22. The molecule has 12 heavy (non-hydrogen) atoms. The van der Waals surface area contributed by atoms with E-state index < -0.39 is 0 Å². The lowest BCUT2D eigenvalue weighted by Crippen LogP contribution is -2.27. The fourth-order valence-corrected chi connectivity index (χ4v) is 1.68. The Balaban J connectivity index is 4.71. The standard InChI is InChI=1S/C12H22/c1-8-11(9(2)3)12(6,7)10(4)5/h8-9,11H,1,4H2,2-3,5-7H3. The van der Waals surface area contributed by atoms with Crippen molar-refractivity contribution in [3.05, 3.63) is 24.8 Å². The summed E-state index contributed by atoms with van der Waals surface area (Å²) in [7, 11) is 0. The van der Waals surface area contributed by atoms with E-state index in [0.29, 0.717) is 11.8 Å². The molecule has 0 saturated heterocycles. The zero-order valence-electron chi connectivity index (χ0n) is 9.15. The molecule has 0 heteroatoms. The van der Waals surface area contributed by atoms with Gasteiger partial charge in [-0.2, -0.15) is 0 Å². The Morgan fingerprint density at radius 1 is 1.33 bits per heavy atom. The van der Waals surface area contributed by atoms with Crippen molar-refractivity contribution in [3.8, 4) is 0 Å². The van der Waals surface area contributed by atoms with Crippen LogP contribution in [0.1, 0.15) is 34.6 Å². The second-order valence-corrected chi connectivity index (χ2v) is 4.51. The molecule has 0 saturated carbocycles. The fourth-order valence-electron chi connectivity index (χ4n) is 1.68. The zero-order chi connectivity index (χ0) is 9.94. The predicted octanol–water partition coefficient (Wildman–Crippen LogP) is 4.05. The molecule has 0 nitrogen and oxygen atoms in total. The molecule has 0 fully saturated rings. The van der Waals surface area contributed by atoms with Crippen molar-refractivity contribution in [3.63, 3.8) is 0 Å². The fraction of sp³-hybridized carbons (Fsp3) is 0.667. The number of hydrogen-bond donors (Lipinski definition) is 0. The van der Waals surface area contributed by atoms with Gasteiger partial charge in [0, 0.05) is 0 Å². The van der Waals surface area contributed by atoms with E-state index in [4.69, 9.17) is 0 Å². The average Bonchev–Trinajstić information content (AvgIpc) is 1.86. The molecule has 0 amide bonds. The van der Waals surface area contributed by atoms with Gasteiger partial charge < -0.3 is 0 Å². The van der Waals surface area contributed by atoms with Crippen LogP contribution in [0.4, 0.5) is 0 Å². The van der Waals surface area contributed by atoms with Crippen molar-refractivity contribution < 1.29 is 0 Å². The van der Waals surface area contributed by atoms with Gasteiger partial charge in [-0.15, -0.1) is 6.58 Å². The van der Waals surface area contributed by atoms with Gasteiger partial charge >= 0.3 is 0 Å². The predicted molar refractivity (Wildman–Crippen MR) is 57.1 cm³/mol. The van der Waals surface area contributed by atoms with E-state index in [1.54, 1.807) is 0 Å². The van der Waals surface area contributed by atoms with Crippen LogP contribution >= 0.6 is 0 Å². The van der Waals surface area contributed by atoms with Gasteiger partial charge in [-0.1, -0.05) is 45.9 Å². The molecule has 0 aromatic heterocycles. The van der Waals surface area contributed by atoms with Crippen LogP contribution in [0.25, 0.3) is 0 Å². The maximum atomic E-state index is 4.03. The van der Waals surface area contributed by atoms with Crippen LogP contribution in [-0.4, -0.2) is 0 Å². The summed E-state index contributed by atoms with van der Waals surface area (Å²) in [6, 6.07) is 0. The minimum absolute atomic E-state index is 0.177. The summed E-state index contributed by atoms with van der Waals surface area (Å²) in [4.78, 5) is 0. The van der Waals surface area contributed by atoms with Crippen LogP contribution < -0.4 is 0 Å². The maximum absolute atomic E-state index is 4.03. The van der Waals surface area contributed by atoms with Crippen LogP contribution in [0.3, 0.4) is 0 Å². The molecule has 0 heterocycles. The average molecular weight is 166 g/mol. The lowest BCUT2D eigenvalue weighted by atomic mass is 9.69. The zero-order valence-corrected chi connectivity index (χ0v) is 9.15. The van der Waals surface area contributed by atoms with Crippen molar-refractivity contribution in [1.82, 2.24) is 0 Å². The second kappa shape index (κ2) is 3.93. The molecule has 0 radical (unpaired) electrons. The molecule has 0 aliphatic carbocycles. The first-order valence-corrected chi connectivity index (χ1v) is 4.62. The lowest BCUT2D eigenvalue weighted by Gasteiger charge is -2.35. The van der Waals surface area contributed by atoms with Gasteiger partial charge in [-0.05, 0) is 24.2 Å². The Labute approximate surface area is 77.4 Å². The second-order valence-electron chi connectivity index (χ2n) is 4.51. The van der Waals surface area contributed by atoms with Gasteiger partial charge in [0.1, 0.15) is 0 Å². The van der Waals surface area contributed by atoms with Gasteiger partial charge in [0.25, 0.3) is 0 Å². The van der Waals surface area contributed by atoms with Crippen LogP contribution in [-0.2, 0) is 0 Å². The van der Waals surface area contributed by atoms with Gasteiger partial charge in [0.2, 0.25) is 0 Å². The summed E-state index contributed by atoms with van der Waals surface area (Å²) in [5, 5.41) is 0. The smallest absolute Gasteiger partial charge is 0.00850 e. The Hall–Kier alpha value is -0.520. The Kier molecular flexibility index (Phi) is 3.76. The summed E-state index contributed by atoms with van der Waals surface area (Å²) >= 11 is 0. The minimum atomic E-state index is 0.177. The first-order valence-electron chi connectivity index (χ1n) is 4.62. The van der Waals surface area contributed by atoms with E-state index >= 15 is 0 Å². The SMILES string of the molecule is C=CC(C(C)C)C(C)(C)C(=C)C. The van der Waals surface area contributed by atoms with Gasteiger partial charge in [-0.3, -0.25) is 0 Å². The molecule has 0 aliphatic heterocycles. The summed E-state index contributed by atoms with van der Waals surface area (Å²) in [5.41, 5.74) is 1.41. The molecule has 0 aromatic carbocycles. The molecule has 0 spiro atoms. The van der Waals surface area contributed by atoms with Gasteiger partial charge in [0.05, 0.1) is 0 Å². The molecule has 0 rings (SSSR count). The Morgan fingerprint density at radius 2 is 1.75 bits per heavy atom. The van der Waals surface area contributed by atoms with E-state index in [9.17, 15) is 0 Å². The molecule has 0 aromatic rings. The summed E-state index contributed by atoms with van der Waals surface area (Å²) < 4.78 is 0. The highest BCUT2D eigenvalue weighted by Crippen LogP contribution is 2.38. The van der Waals surface area contributed by atoms with E-state index in [0.717, 1.165) is 0 Å². The third kappa shape index (κ3) is 2.23. The highest BCUT2D eigenvalue weighted by molar-refractivity contribution is 5.10. The summed E-state index contributed by atoms with van der Waals surface area (Å²) in [5.74, 6) is 1.16. The van der Waals surface area contributed by atoms with Crippen LogP contribution in [0.5, 0.6) is 0 Å². The lowest BCUT2D eigenvalue weighted by molar-refractivity contribution is 0.252. The Bertz CT molecular complexity index is 172. The molecule has 0 aliphatic rings. The van der Waals surface area contributed by atoms with Crippen molar-refractivity contribution in [2.75, 3.05) is 0 Å². The topological polar surface area (TPSA) is 0 Å². The van der Waals surface area contributed by atoms with E-state index in [2.05, 4.69) is 53.9 Å². The monoisotopic (exact) mass is 166 g/mol. The quantitative estimate of drug-likeness (QED) is 0.553. The Morgan fingerprint density at radius 3 is 1.83 bits per heavy atom. The van der Waals surface area contributed by atoms with Crippen LogP contribution in [0.15, 0.2) is 24.8 Å². The summed E-state index contributed by atoms with van der Waals surface area (Å²) in [6.07, 6.45) is 2.05.